The van der Waals surface area contributed by atoms with E-state index in [4.69, 9.17) is 0 Å². The third kappa shape index (κ3) is 4.02. The van der Waals surface area contributed by atoms with Crippen LogP contribution in [0.1, 0.15) is 27.8 Å². The van der Waals surface area contributed by atoms with Gasteiger partial charge in [-0.05, 0) is 93.3 Å². The smallest absolute Gasteiger partial charge is 0.0462 e. The monoisotopic (exact) mass is 391 g/mol. The summed E-state index contributed by atoms with van der Waals surface area (Å²) < 4.78 is 0. The zero-order chi connectivity index (χ0) is 21.3. The van der Waals surface area contributed by atoms with Gasteiger partial charge in [0.05, 0.1) is 0 Å². The van der Waals surface area contributed by atoms with E-state index in [0.29, 0.717) is 0 Å². The molecule has 0 aromatic heterocycles. The number of hydrogen-bond acceptors (Lipinski definition) is 1. The maximum atomic E-state index is 2.32. The fourth-order valence-corrected chi connectivity index (χ4v) is 4.25. The van der Waals surface area contributed by atoms with E-state index in [2.05, 4.69) is 124 Å². The van der Waals surface area contributed by atoms with Crippen LogP contribution in [0.15, 0.2) is 84.9 Å². The Morgan fingerprint density at radius 2 is 0.800 bits per heavy atom. The molecule has 1 heteroatoms. The Morgan fingerprint density at radius 1 is 0.433 bits per heavy atom. The summed E-state index contributed by atoms with van der Waals surface area (Å²) in [5.41, 5.74) is 12.6. The average Bonchev–Trinajstić information content (AvgIpc) is 2.71. The molecule has 0 saturated carbocycles. The average molecular weight is 392 g/mol. The van der Waals surface area contributed by atoms with Gasteiger partial charge in [0.2, 0.25) is 0 Å². The zero-order valence-electron chi connectivity index (χ0n) is 18.5. The Balaban J connectivity index is 1.78. The molecule has 0 spiro atoms. The van der Waals surface area contributed by atoms with Gasteiger partial charge in [0.15, 0.2) is 0 Å². The number of anilines is 3. The molecule has 0 fully saturated rings. The quantitative estimate of drug-likeness (QED) is 0.338. The molecule has 0 aliphatic carbocycles. The van der Waals surface area contributed by atoms with Crippen molar-refractivity contribution in [2.75, 3.05) is 4.90 Å². The van der Waals surface area contributed by atoms with Crippen molar-refractivity contribution in [3.63, 3.8) is 0 Å². The summed E-state index contributed by atoms with van der Waals surface area (Å²) in [5, 5.41) is 0. The van der Waals surface area contributed by atoms with Crippen LogP contribution in [0.3, 0.4) is 0 Å². The van der Waals surface area contributed by atoms with Gasteiger partial charge in [0, 0.05) is 17.1 Å². The minimum absolute atomic E-state index is 1.16. The summed E-state index contributed by atoms with van der Waals surface area (Å²) >= 11 is 0. The molecule has 4 aromatic rings. The molecule has 1 nitrogen and oxygen atoms in total. The molecule has 4 aromatic carbocycles. The van der Waals surface area contributed by atoms with E-state index in [1.165, 1.54) is 50.3 Å². The first kappa shape index (κ1) is 20.0. The first-order valence-electron chi connectivity index (χ1n) is 10.5. The van der Waals surface area contributed by atoms with Crippen molar-refractivity contribution < 1.29 is 0 Å². The van der Waals surface area contributed by atoms with Crippen molar-refractivity contribution in [3.05, 3.63) is 113 Å². The van der Waals surface area contributed by atoms with Gasteiger partial charge in [-0.2, -0.15) is 0 Å². The standard InChI is InChI=1S/C29H29N/c1-20-6-12-26(13-7-20)30(27-14-8-21(2)9-15-27)28-16-10-25(11-17-28)29-23(4)18-22(3)19-24(29)5/h6-19H,1-5H3. The van der Waals surface area contributed by atoms with Gasteiger partial charge in [-0.3, -0.25) is 0 Å². The normalized spacial score (nSPS) is 10.8. The van der Waals surface area contributed by atoms with E-state index in [-0.39, 0.29) is 0 Å². The summed E-state index contributed by atoms with van der Waals surface area (Å²) in [6.45, 7) is 10.8. The van der Waals surface area contributed by atoms with E-state index >= 15 is 0 Å². The van der Waals surface area contributed by atoms with Crippen molar-refractivity contribution in [2.24, 2.45) is 0 Å². The molecule has 4 rings (SSSR count). The number of aryl methyl sites for hydroxylation is 5. The van der Waals surface area contributed by atoms with E-state index < -0.39 is 0 Å². The molecule has 0 radical (unpaired) electrons. The molecule has 0 aliphatic rings. The highest BCUT2D eigenvalue weighted by molar-refractivity contribution is 5.79. The Kier molecular flexibility index (Phi) is 5.46. The summed E-state index contributed by atoms with van der Waals surface area (Å²) in [6, 6.07) is 30.9. The van der Waals surface area contributed by atoms with Crippen LogP contribution < -0.4 is 4.90 Å². The Hall–Kier alpha value is -3.32. The lowest BCUT2D eigenvalue weighted by atomic mass is 9.93. The predicted octanol–water partition coefficient (Wildman–Crippen LogP) is 8.37. The van der Waals surface area contributed by atoms with E-state index in [1.807, 2.05) is 0 Å². The Morgan fingerprint density at radius 3 is 1.20 bits per heavy atom. The van der Waals surface area contributed by atoms with Crippen LogP contribution in [0.4, 0.5) is 17.1 Å². The van der Waals surface area contributed by atoms with E-state index in [9.17, 15) is 0 Å². The van der Waals surface area contributed by atoms with Crippen molar-refractivity contribution in [2.45, 2.75) is 34.6 Å². The summed E-state index contributed by atoms with van der Waals surface area (Å²) in [6.07, 6.45) is 0. The molecule has 0 amide bonds. The van der Waals surface area contributed by atoms with Crippen LogP contribution >= 0.6 is 0 Å². The summed E-state index contributed by atoms with van der Waals surface area (Å²) in [4.78, 5) is 2.32. The van der Waals surface area contributed by atoms with Gasteiger partial charge in [0.25, 0.3) is 0 Å². The molecular weight excluding hydrogens is 362 g/mol. The highest BCUT2D eigenvalue weighted by Gasteiger charge is 2.13. The van der Waals surface area contributed by atoms with Crippen molar-refractivity contribution >= 4 is 17.1 Å². The molecular formula is C29H29N. The van der Waals surface area contributed by atoms with Crippen molar-refractivity contribution in [1.82, 2.24) is 0 Å². The molecule has 150 valence electrons. The van der Waals surface area contributed by atoms with Gasteiger partial charge >= 0.3 is 0 Å². The molecule has 0 bridgehead atoms. The van der Waals surface area contributed by atoms with Gasteiger partial charge in [-0.25, -0.2) is 0 Å². The summed E-state index contributed by atoms with van der Waals surface area (Å²) in [7, 11) is 0. The SMILES string of the molecule is Cc1ccc(N(c2ccc(C)cc2)c2ccc(-c3c(C)cc(C)cc3C)cc2)cc1. The number of rotatable bonds is 4. The van der Waals surface area contributed by atoms with E-state index in [0.717, 1.165) is 5.69 Å². The lowest BCUT2D eigenvalue weighted by molar-refractivity contribution is 1.26. The molecule has 0 heterocycles. The minimum atomic E-state index is 1.16. The second-order valence-corrected chi connectivity index (χ2v) is 8.33. The largest absolute Gasteiger partial charge is 0.311 e. The fraction of sp³-hybridized carbons (Fsp3) is 0.172. The second-order valence-electron chi connectivity index (χ2n) is 8.33. The zero-order valence-corrected chi connectivity index (χ0v) is 18.5. The van der Waals surface area contributed by atoms with Gasteiger partial charge in [0.1, 0.15) is 0 Å². The lowest BCUT2D eigenvalue weighted by Gasteiger charge is -2.26. The molecule has 0 saturated heterocycles. The third-order valence-corrected chi connectivity index (χ3v) is 5.68. The molecule has 0 atom stereocenters. The molecule has 0 aliphatic heterocycles. The molecule has 0 unspecified atom stereocenters. The lowest BCUT2D eigenvalue weighted by Crippen LogP contribution is -2.09. The highest BCUT2D eigenvalue weighted by atomic mass is 15.1. The maximum absolute atomic E-state index is 2.32. The fourth-order valence-electron chi connectivity index (χ4n) is 4.25. The van der Waals surface area contributed by atoms with Gasteiger partial charge in [-0.1, -0.05) is 65.2 Å². The van der Waals surface area contributed by atoms with Gasteiger partial charge in [-0.15, -0.1) is 0 Å². The van der Waals surface area contributed by atoms with Crippen molar-refractivity contribution in [1.29, 1.82) is 0 Å². The molecule has 30 heavy (non-hydrogen) atoms. The highest BCUT2D eigenvalue weighted by Crippen LogP contribution is 2.36. The first-order valence-corrected chi connectivity index (χ1v) is 10.5. The Labute approximate surface area is 180 Å². The van der Waals surface area contributed by atoms with Crippen LogP contribution in [0.2, 0.25) is 0 Å². The van der Waals surface area contributed by atoms with Gasteiger partial charge < -0.3 is 4.90 Å². The van der Waals surface area contributed by atoms with Crippen LogP contribution in [0, 0.1) is 34.6 Å². The Bertz CT molecular complexity index is 1080. The molecule has 0 N–H and O–H groups in total. The maximum Gasteiger partial charge on any atom is 0.0462 e. The summed E-state index contributed by atoms with van der Waals surface area (Å²) in [5.74, 6) is 0. The van der Waals surface area contributed by atoms with Crippen LogP contribution in [0.25, 0.3) is 11.1 Å². The van der Waals surface area contributed by atoms with Crippen LogP contribution in [-0.2, 0) is 0 Å². The number of hydrogen-bond donors (Lipinski definition) is 0. The number of benzene rings is 4. The minimum Gasteiger partial charge on any atom is -0.311 e. The van der Waals surface area contributed by atoms with Crippen LogP contribution in [-0.4, -0.2) is 0 Å². The third-order valence-electron chi connectivity index (χ3n) is 5.68. The van der Waals surface area contributed by atoms with Crippen LogP contribution in [0.5, 0.6) is 0 Å². The first-order chi connectivity index (χ1) is 14.4. The second kappa shape index (κ2) is 8.20. The number of nitrogens with zero attached hydrogens (tertiary/aromatic N) is 1. The van der Waals surface area contributed by atoms with Crippen molar-refractivity contribution in [3.8, 4) is 11.1 Å². The predicted molar refractivity (Wildman–Crippen MR) is 130 cm³/mol. The topological polar surface area (TPSA) is 3.24 Å². The van der Waals surface area contributed by atoms with E-state index in [1.54, 1.807) is 0 Å².